The summed E-state index contributed by atoms with van der Waals surface area (Å²) in [6.07, 6.45) is 0. The highest BCUT2D eigenvalue weighted by molar-refractivity contribution is 5.97. The molecule has 0 unspecified atom stereocenters. The first kappa shape index (κ1) is 16.4. The molecule has 4 heteroatoms. The van der Waals surface area contributed by atoms with Crippen molar-refractivity contribution in [3.05, 3.63) is 59.2 Å². The lowest BCUT2D eigenvalue weighted by Gasteiger charge is -2.36. The van der Waals surface area contributed by atoms with Crippen molar-refractivity contribution >= 4 is 11.6 Å². The van der Waals surface area contributed by atoms with Gasteiger partial charge in [0.25, 0.3) is 5.91 Å². The Bertz CT molecular complexity index is 734. The van der Waals surface area contributed by atoms with E-state index in [1.807, 2.05) is 30.0 Å². The Hall–Kier alpha value is -2.49. The highest BCUT2D eigenvalue weighted by Gasteiger charge is 2.24. The zero-order valence-electron chi connectivity index (χ0n) is 14.6. The first-order chi connectivity index (χ1) is 11.6. The molecule has 1 heterocycles. The van der Waals surface area contributed by atoms with E-state index in [0.29, 0.717) is 11.3 Å². The maximum absolute atomic E-state index is 12.9. The van der Waals surface area contributed by atoms with Crippen LogP contribution in [-0.4, -0.2) is 44.1 Å². The zero-order chi connectivity index (χ0) is 17.1. The van der Waals surface area contributed by atoms with Gasteiger partial charge in [-0.15, -0.1) is 0 Å². The number of nitrogens with zero attached hydrogens (tertiary/aromatic N) is 2. The number of amides is 1. The number of piperazine rings is 1. The van der Waals surface area contributed by atoms with E-state index in [1.165, 1.54) is 11.3 Å². The second kappa shape index (κ2) is 6.95. The molecule has 0 aliphatic carbocycles. The average Bonchev–Trinajstić information content (AvgIpc) is 2.61. The molecule has 0 bridgehead atoms. The van der Waals surface area contributed by atoms with Crippen molar-refractivity contribution in [1.82, 2.24) is 4.90 Å². The Kier molecular flexibility index (Phi) is 4.74. The molecule has 0 spiro atoms. The molecule has 2 aromatic rings. The third-order valence-electron chi connectivity index (χ3n) is 4.52. The standard InChI is InChI=1S/C20H24N2O2/c1-15-5-4-6-17(13-15)21-9-11-22(12-10-21)20(23)18-14-16(2)7-8-19(18)24-3/h4-8,13-14H,9-12H2,1-3H3. The summed E-state index contributed by atoms with van der Waals surface area (Å²) in [6.45, 7) is 7.25. The van der Waals surface area contributed by atoms with Gasteiger partial charge in [-0.25, -0.2) is 0 Å². The molecule has 1 saturated heterocycles. The minimum atomic E-state index is 0.0550. The van der Waals surface area contributed by atoms with Crippen LogP contribution in [0.3, 0.4) is 0 Å². The number of carbonyl (C=O) groups is 1. The van der Waals surface area contributed by atoms with Gasteiger partial charge in [-0.05, 0) is 43.7 Å². The largest absolute Gasteiger partial charge is 0.496 e. The number of rotatable bonds is 3. The number of hydrogen-bond acceptors (Lipinski definition) is 3. The molecular formula is C20H24N2O2. The smallest absolute Gasteiger partial charge is 0.257 e. The highest BCUT2D eigenvalue weighted by Crippen LogP contribution is 2.23. The summed E-state index contributed by atoms with van der Waals surface area (Å²) in [5.74, 6) is 0.700. The number of aryl methyl sites for hydroxylation is 2. The van der Waals surface area contributed by atoms with Gasteiger partial charge in [0, 0.05) is 31.9 Å². The average molecular weight is 324 g/mol. The van der Waals surface area contributed by atoms with E-state index in [0.717, 1.165) is 31.7 Å². The van der Waals surface area contributed by atoms with E-state index >= 15 is 0 Å². The molecule has 1 aliphatic heterocycles. The van der Waals surface area contributed by atoms with Gasteiger partial charge in [-0.1, -0.05) is 23.8 Å². The topological polar surface area (TPSA) is 32.8 Å². The molecule has 1 fully saturated rings. The van der Waals surface area contributed by atoms with Crippen LogP contribution in [0.1, 0.15) is 21.5 Å². The molecule has 3 rings (SSSR count). The van der Waals surface area contributed by atoms with Crippen molar-refractivity contribution < 1.29 is 9.53 Å². The van der Waals surface area contributed by atoms with Crippen LogP contribution >= 0.6 is 0 Å². The van der Waals surface area contributed by atoms with Gasteiger partial charge in [-0.3, -0.25) is 4.79 Å². The minimum Gasteiger partial charge on any atom is -0.496 e. The Morgan fingerprint density at radius 3 is 2.33 bits per heavy atom. The van der Waals surface area contributed by atoms with Crippen LogP contribution < -0.4 is 9.64 Å². The van der Waals surface area contributed by atoms with Crippen LogP contribution in [0.5, 0.6) is 5.75 Å². The van der Waals surface area contributed by atoms with Gasteiger partial charge in [0.2, 0.25) is 0 Å². The number of methoxy groups -OCH3 is 1. The lowest BCUT2D eigenvalue weighted by molar-refractivity contribution is 0.0743. The lowest BCUT2D eigenvalue weighted by atomic mass is 10.1. The van der Waals surface area contributed by atoms with E-state index in [2.05, 4.69) is 36.1 Å². The van der Waals surface area contributed by atoms with E-state index in [-0.39, 0.29) is 5.91 Å². The Balaban J connectivity index is 1.70. The van der Waals surface area contributed by atoms with Gasteiger partial charge in [0.15, 0.2) is 0 Å². The van der Waals surface area contributed by atoms with Gasteiger partial charge in [0.1, 0.15) is 5.75 Å². The summed E-state index contributed by atoms with van der Waals surface area (Å²) in [6, 6.07) is 14.3. The van der Waals surface area contributed by atoms with Gasteiger partial charge in [0.05, 0.1) is 12.7 Å². The summed E-state index contributed by atoms with van der Waals surface area (Å²) in [7, 11) is 1.61. The second-order valence-corrected chi connectivity index (χ2v) is 6.32. The highest BCUT2D eigenvalue weighted by atomic mass is 16.5. The Morgan fingerprint density at radius 1 is 0.958 bits per heavy atom. The SMILES string of the molecule is COc1ccc(C)cc1C(=O)N1CCN(c2cccc(C)c2)CC1. The fourth-order valence-corrected chi connectivity index (χ4v) is 3.15. The summed E-state index contributed by atoms with van der Waals surface area (Å²) in [4.78, 5) is 17.1. The van der Waals surface area contributed by atoms with Crippen LogP contribution in [0.15, 0.2) is 42.5 Å². The van der Waals surface area contributed by atoms with Crippen molar-refractivity contribution in [2.45, 2.75) is 13.8 Å². The van der Waals surface area contributed by atoms with E-state index in [4.69, 9.17) is 4.74 Å². The Morgan fingerprint density at radius 2 is 1.67 bits per heavy atom. The molecule has 0 radical (unpaired) electrons. The molecule has 0 atom stereocenters. The number of hydrogen-bond donors (Lipinski definition) is 0. The van der Waals surface area contributed by atoms with Crippen molar-refractivity contribution in [3.8, 4) is 5.75 Å². The van der Waals surface area contributed by atoms with Gasteiger partial charge < -0.3 is 14.5 Å². The first-order valence-corrected chi connectivity index (χ1v) is 8.34. The summed E-state index contributed by atoms with van der Waals surface area (Å²) in [5, 5.41) is 0. The van der Waals surface area contributed by atoms with Crippen molar-refractivity contribution in [2.75, 3.05) is 38.2 Å². The normalized spacial score (nSPS) is 14.6. The molecule has 126 valence electrons. The van der Waals surface area contributed by atoms with Gasteiger partial charge in [-0.2, -0.15) is 0 Å². The third-order valence-corrected chi connectivity index (χ3v) is 4.52. The van der Waals surface area contributed by atoms with E-state index in [1.54, 1.807) is 7.11 Å². The van der Waals surface area contributed by atoms with E-state index in [9.17, 15) is 4.79 Å². The number of carbonyl (C=O) groups excluding carboxylic acids is 1. The first-order valence-electron chi connectivity index (χ1n) is 8.34. The molecule has 4 nitrogen and oxygen atoms in total. The van der Waals surface area contributed by atoms with Crippen LogP contribution in [-0.2, 0) is 0 Å². The maximum atomic E-state index is 12.9. The molecule has 1 amide bonds. The van der Waals surface area contributed by atoms with Crippen LogP contribution in [0, 0.1) is 13.8 Å². The summed E-state index contributed by atoms with van der Waals surface area (Å²) >= 11 is 0. The van der Waals surface area contributed by atoms with Crippen LogP contribution in [0.4, 0.5) is 5.69 Å². The monoisotopic (exact) mass is 324 g/mol. The lowest BCUT2D eigenvalue weighted by Crippen LogP contribution is -2.48. The van der Waals surface area contributed by atoms with Crippen molar-refractivity contribution in [2.24, 2.45) is 0 Å². The predicted molar refractivity (Wildman–Crippen MR) is 97.0 cm³/mol. The van der Waals surface area contributed by atoms with Crippen molar-refractivity contribution in [1.29, 1.82) is 0 Å². The van der Waals surface area contributed by atoms with Crippen molar-refractivity contribution in [3.63, 3.8) is 0 Å². The molecule has 2 aromatic carbocycles. The van der Waals surface area contributed by atoms with E-state index < -0.39 is 0 Å². The van der Waals surface area contributed by atoms with Crippen LogP contribution in [0.2, 0.25) is 0 Å². The Labute approximate surface area is 143 Å². The molecule has 1 aliphatic rings. The number of anilines is 1. The molecular weight excluding hydrogens is 300 g/mol. The predicted octanol–water partition coefficient (Wildman–Crippen LogP) is 3.27. The quantitative estimate of drug-likeness (QED) is 0.869. The van der Waals surface area contributed by atoms with Gasteiger partial charge >= 0.3 is 0 Å². The number of ether oxygens (including phenoxy) is 1. The number of benzene rings is 2. The van der Waals surface area contributed by atoms with Crippen LogP contribution in [0.25, 0.3) is 0 Å². The molecule has 0 N–H and O–H groups in total. The second-order valence-electron chi connectivity index (χ2n) is 6.32. The summed E-state index contributed by atoms with van der Waals surface area (Å²) in [5.41, 5.74) is 4.21. The summed E-state index contributed by atoms with van der Waals surface area (Å²) < 4.78 is 5.36. The third kappa shape index (κ3) is 3.37. The fourth-order valence-electron chi connectivity index (χ4n) is 3.15. The molecule has 0 aromatic heterocycles. The molecule has 0 saturated carbocycles. The maximum Gasteiger partial charge on any atom is 0.257 e. The zero-order valence-corrected chi connectivity index (χ0v) is 14.6. The molecule has 24 heavy (non-hydrogen) atoms. The minimum absolute atomic E-state index is 0.0550. The fraction of sp³-hybridized carbons (Fsp3) is 0.350.